The van der Waals surface area contributed by atoms with Gasteiger partial charge in [0, 0.05) is 31.8 Å². The smallest absolute Gasteiger partial charge is 0.244 e. The third kappa shape index (κ3) is 3.79. The Bertz CT molecular complexity index is 427. The third-order valence-electron chi connectivity index (χ3n) is 3.93. The number of likely N-dealkylation sites (N-methyl/N-ethyl adjacent to an activating group) is 1. The van der Waals surface area contributed by atoms with Gasteiger partial charge in [0.05, 0.1) is 5.69 Å². The number of carbonyl (C=O) groups is 1. The predicted octanol–water partition coefficient (Wildman–Crippen LogP) is 0.994. The second kappa shape index (κ2) is 7.38. The molecule has 0 aliphatic heterocycles. The topological polar surface area (TPSA) is 71.2 Å². The first-order valence-electron chi connectivity index (χ1n) is 7.54. The minimum atomic E-state index is 0.0514. The lowest BCUT2D eigenvalue weighted by Gasteiger charge is -2.33. The van der Waals surface area contributed by atoms with Crippen LogP contribution in [0, 0.1) is 0 Å². The first kappa shape index (κ1) is 15.0. The van der Waals surface area contributed by atoms with Gasteiger partial charge in [-0.3, -0.25) is 4.79 Å². The number of aliphatic hydroxyl groups is 1. The highest BCUT2D eigenvalue weighted by Gasteiger charge is 2.24. The Hall–Kier alpha value is -1.43. The van der Waals surface area contributed by atoms with Crippen LogP contribution in [0.15, 0.2) is 6.20 Å². The summed E-state index contributed by atoms with van der Waals surface area (Å²) in [6, 6.07) is 0.390. The van der Waals surface area contributed by atoms with Crippen LogP contribution in [0.4, 0.5) is 0 Å². The van der Waals surface area contributed by atoms with Gasteiger partial charge in [0.1, 0.15) is 6.54 Å². The summed E-state index contributed by atoms with van der Waals surface area (Å²) in [5.74, 6) is 0.111. The van der Waals surface area contributed by atoms with Crippen LogP contribution in [0.5, 0.6) is 0 Å². The van der Waals surface area contributed by atoms with Gasteiger partial charge in [0.2, 0.25) is 5.91 Å². The summed E-state index contributed by atoms with van der Waals surface area (Å²) in [6.45, 7) is 3.07. The highest BCUT2D eigenvalue weighted by molar-refractivity contribution is 5.76. The van der Waals surface area contributed by atoms with Crippen molar-refractivity contribution in [1.29, 1.82) is 0 Å². The molecule has 0 unspecified atom stereocenters. The SMILES string of the molecule is CCN(C(=O)Cn1cc(CCO)nn1)C1CCCCC1. The molecule has 0 bridgehead atoms. The summed E-state index contributed by atoms with van der Waals surface area (Å²) in [5.41, 5.74) is 0.723. The van der Waals surface area contributed by atoms with Gasteiger partial charge < -0.3 is 10.0 Å². The van der Waals surface area contributed by atoms with Gasteiger partial charge in [-0.2, -0.15) is 0 Å². The molecule has 1 aliphatic rings. The van der Waals surface area contributed by atoms with E-state index in [0.29, 0.717) is 12.5 Å². The summed E-state index contributed by atoms with van der Waals surface area (Å²) in [5, 5.41) is 16.7. The highest BCUT2D eigenvalue weighted by Crippen LogP contribution is 2.22. The van der Waals surface area contributed by atoms with Crippen molar-refractivity contribution in [3.05, 3.63) is 11.9 Å². The molecule has 0 atom stereocenters. The molecule has 112 valence electrons. The summed E-state index contributed by atoms with van der Waals surface area (Å²) >= 11 is 0. The third-order valence-corrected chi connectivity index (χ3v) is 3.93. The van der Waals surface area contributed by atoms with E-state index < -0.39 is 0 Å². The monoisotopic (exact) mass is 280 g/mol. The fraction of sp³-hybridized carbons (Fsp3) is 0.786. The quantitative estimate of drug-likeness (QED) is 0.843. The van der Waals surface area contributed by atoms with Gasteiger partial charge in [0.15, 0.2) is 0 Å². The lowest BCUT2D eigenvalue weighted by Crippen LogP contribution is -2.43. The molecule has 2 rings (SSSR count). The zero-order valence-electron chi connectivity index (χ0n) is 12.2. The van der Waals surface area contributed by atoms with E-state index in [1.165, 1.54) is 19.3 Å². The second-order valence-electron chi connectivity index (χ2n) is 5.35. The van der Waals surface area contributed by atoms with Crippen LogP contribution in [0.2, 0.25) is 0 Å². The maximum atomic E-state index is 12.4. The Labute approximate surface area is 119 Å². The molecule has 1 aromatic rings. The molecule has 6 nitrogen and oxygen atoms in total. The van der Waals surface area contributed by atoms with E-state index in [4.69, 9.17) is 5.11 Å². The molecule has 1 aliphatic carbocycles. The van der Waals surface area contributed by atoms with Crippen LogP contribution in [0.1, 0.15) is 44.7 Å². The van der Waals surface area contributed by atoms with Gasteiger partial charge in [0.25, 0.3) is 0 Å². The molecule has 6 heteroatoms. The second-order valence-corrected chi connectivity index (χ2v) is 5.35. The summed E-state index contributed by atoms with van der Waals surface area (Å²) in [6.07, 6.45) is 8.18. The van der Waals surface area contributed by atoms with Crippen molar-refractivity contribution >= 4 is 5.91 Å². The van der Waals surface area contributed by atoms with Crippen LogP contribution >= 0.6 is 0 Å². The molecule has 1 N–H and O–H groups in total. The summed E-state index contributed by atoms with van der Waals surface area (Å²) < 4.78 is 1.57. The van der Waals surface area contributed by atoms with E-state index in [1.54, 1.807) is 10.9 Å². The van der Waals surface area contributed by atoms with E-state index in [1.807, 2.05) is 11.8 Å². The number of aliphatic hydroxyl groups excluding tert-OH is 1. The maximum Gasteiger partial charge on any atom is 0.244 e. The van der Waals surface area contributed by atoms with Crippen LogP contribution in [0.25, 0.3) is 0 Å². The minimum Gasteiger partial charge on any atom is -0.396 e. The average Bonchev–Trinajstić information content (AvgIpc) is 2.88. The van der Waals surface area contributed by atoms with E-state index in [0.717, 1.165) is 25.1 Å². The first-order valence-corrected chi connectivity index (χ1v) is 7.54. The molecule has 1 aromatic heterocycles. The van der Waals surface area contributed by atoms with Gasteiger partial charge in [-0.1, -0.05) is 24.5 Å². The van der Waals surface area contributed by atoms with Crippen LogP contribution < -0.4 is 0 Å². The molecule has 1 amide bonds. The molecule has 1 fully saturated rings. The van der Waals surface area contributed by atoms with Gasteiger partial charge in [-0.15, -0.1) is 5.10 Å². The van der Waals surface area contributed by atoms with Crippen molar-refractivity contribution in [1.82, 2.24) is 19.9 Å². The highest BCUT2D eigenvalue weighted by atomic mass is 16.3. The fourth-order valence-corrected chi connectivity index (χ4v) is 2.91. The standard InChI is InChI=1S/C14H24N4O2/c1-2-18(13-6-4-3-5-7-13)14(20)11-17-10-12(8-9-19)15-16-17/h10,13,19H,2-9,11H2,1H3. The van der Waals surface area contributed by atoms with Gasteiger partial charge in [-0.05, 0) is 19.8 Å². The van der Waals surface area contributed by atoms with Crippen LogP contribution in [0.3, 0.4) is 0 Å². The van der Waals surface area contributed by atoms with Crippen molar-refractivity contribution in [2.75, 3.05) is 13.2 Å². The van der Waals surface area contributed by atoms with Crippen molar-refractivity contribution < 1.29 is 9.90 Å². The fourth-order valence-electron chi connectivity index (χ4n) is 2.91. The molecule has 0 aromatic carbocycles. The Balaban J connectivity index is 1.93. The Morgan fingerprint density at radius 2 is 2.20 bits per heavy atom. The first-order chi connectivity index (χ1) is 9.74. The molecule has 1 saturated carbocycles. The molecule has 1 heterocycles. The predicted molar refractivity (Wildman–Crippen MR) is 75.1 cm³/mol. The van der Waals surface area contributed by atoms with E-state index in [2.05, 4.69) is 10.3 Å². The summed E-state index contributed by atoms with van der Waals surface area (Å²) in [7, 11) is 0. The zero-order chi connectivity index (χ0) is 14.4. The molecule has 0 radical (unpaired) electrons. The Kier molecular flexibility index (Phi) is 5.52. The number of rotatable bonds is 6. The normalized spacial score (nSPS) is 16.3. The van der Waals surface area contributed by atoms with E-state index in [-0.39, 0.29) is 19.1 Å². The van der Waals surface area contributed by atoms with Crippen molar-refractivity contribution in [2.45, 2.75) is 58.0 Å². The Morgan fingerprint density at radius 1 is 1.45 bits per heavy atom. The number of hydrogen-bond donors (Lipinski definition) is 1. The van der Waals surface area contributed by atoms with Crippen LogP contribution in [-0.4, -0.2) is 50.1 Å². The number of hydrogen-bond acceptors (Lipinski definition) is 4. The molecule has 0 saturated heterocycles. The number of carbonyl (C=O) groups excluding carboxylic acids is 1. The number of amides is 1. The van der Waals surface area contributed by atoms with Crippen molar-refractivity contribution in [2.24, 2.45) is 0 Å². The lowest BCUT2D eigenvalue weighted by atomic mass is 9.94. The minimum absolute atomic E-state index is 0.0514. The van der Waals surface area contributed by atoms with Gasteiger partial charge in [-0.25, -0.2) is 4.68 Å². The molecular formula is C14H24N4O2. The molecular weight excluding hydrogens is 256 g/mol. The number of aromatic nitrogens is 3. The van der Waals surface area contributed by atoms with E-state index in [9.17, 15) is 4.79 Å². The van der Waals surface area contributed by atoms with E-state index >= 15 is 0 Å². The average molecular weight is 280 g/mol. The maximum absolute atomic E-state index is 12.4. The molecule has 20 heavy (non-hydrogen) atoms. The van der Waals surface area contributed by atoms with Crippen LogP contribution in [-0.2, 0) is 17.8 Å². The molecule has 0 spiro atoms. The van der Waals surface area contributed by atoms with Crippen molar-refractivity contribution in [3.8, 4) is 0 Å². The lowest BCUT2D eigenvalue weighted by molar-refractivity contribution is -0.134. The largest absolute Gasteiger partial charge is 0.396 e. The zero-order valence-corrected chi connectivity index (χ0v) is 12.2. The Morgan fingerprint density at radius 3 is 2.85 bits per heavy atom. The number of nitrogens with zero attached hydrogens (tertiary/aromatic N) is 4. The van der Waals surface area contributed by atoms with Gasteiger partial charge >= 0.3 is 0 Å². The van der Waals surface area contributed by atoms with Crippen molar-refractivity contribution in [3.63, 3.8) is 0 Å². The summed E-state index contributed by atoms with van der Waals surface area (Å²) in [4.78, 5) is 14.4.